The number of anilines is 1. The Balaban J connectivity index is 1.85. The van der Waals surface area contributed by atoms with E-state index in [1.807, 2.05) is 13.0 Å². The van der Waals surface area contributed by atoms with Crippen LogP contribution < -0.4 is 14.4 Å². The standard InChI is InChI=1S/C21H20N2O5S/c1-4-28-16-10-9-13(11-17(16)27-3)12-18-19(24)22-21(29-18)23(2)15-8-6-5-7-14(15)20(25)26/h5-12H,4H2,1-3H3,(H,25,26)/b18-12-. The number of para-hydroxylation sites is 1. The normalized spacial score (nSPS) is 14.7. The Morgan fingerprint density at radius 3 is 2.69 bits per heavy atom. The molecule has 0 aliphatic carbocycles. The second kappa shape index (κ2) is 8.83. The fourth-order valence-corrected chi connectivity index (χ4v) is 3.68. The van der Waals surface area contributed by atoms with Crippen LogP contribution in [0.2, 0.25) is 0 Å². The highest BCUT2D eigenvalue weighted by Crippen LogP contribution is 2.34. The quantitative estimate of drug-likeness (QED) is 0.720. The molecule has 1 heterocycles. The molecule has 0 atom stereocenters. The third-order valence-corrected chi connectivity index (χ3v) is 5.24. The van der Waals surface area contributed by atoms with Crippen molar-refractivity contribution in [2.45, 2.75) is 6.92 Å². The summed E-state index contributed by atoms with van der Waals surface area (Å²) in [7, 11) is 3.24. The van der Waals surface area contributed by atoms with Gasteiger partial charge in [0.2, 0.25) is 0 Å². The zero-order valence-corrected chi connectivity index (χ0v) is 17.0. The van der Waals surface area contributed by atoms with Gasteiger partial charge >= 0.3 is 5.97 Å². The minimum absolute atomic E-state index is 0.138. The van der Waals surface area contributed by atoms with Crippen LogP contribution >= 0.6 is 11.8 Å². The number of carbonyl (C=O) groups excluding carboxylic acids is 1. The lowest BCUT2D eigenvalue weighted by Gasteiger charge is -2.19. The van der Waals surface area contributed by atoms with E-state index in [2.05, 4.69) is 4.99 Å². The number of benzene rings is 2. The fraction of sp³-hybridized carbons (Fsp3) is 0.190. The predicted octanol–water partition coefficient (Wildman–Crippen LogP) is 3.90. The molecule has 0 spiro atoms. The van der Waals surface area contributed by atoms with E-state index < -0.39 is 5.97 Å². The third-order valence-electron chi connectivity index (χ3n) is 4.18. The summed E-state index contributed by atoms with van der Waals surface area (Å²) in [5.74, 6) is -0.216. The van der Waals surface area contributed by atoms with E-state index in [-0.39, 0.29) is 11.5 Å². The maximum Gasteiger partial charge on any atom is 0.337 e. The molecule has 8 heteroatoms. The largest absolute Gasteiger partial charge is 0.493 e. The van der Waals surface area contributed by atoms with Gasteiger partial charge in [-0.2, -0.15) is 4.99 Å². The first kappa shape index (κ1) is 20.5. The van der Waals surface area contributed by atoms with E-state index in [0.29, 0.717) is 33.9 Å². The molecule has 3 rings (SSSR count). The van der Waals surface area contributed by atoms with Crippen molar-refractivity contribution in [2.75, 3.05) is 25.7 Å². The van der Waals surface area contributed by atoms with Gasteiger partial charge in [-0.05, 0) is 54.6 Å². The highest BCUT2D eigenvalue weighted by atomic mass is 32.2. The lowest BCUT2D eigenvalue weighted by Crippen LogP contribution is -2.24. The zero-order valence-electron chi connectivity index (χ0n) is 16.2. The summed E-state index contributed by atoms with van der Waals surface area (Å²) in [4.78, 5) is 30.0. The first-order chi connectivity index (χ1) is 13.9. The highest BCUT2D eigenvalue weighted by Gasteiger charge is 2.27. The van der Waals surface area contributed by atoms with Crippen LogP contribution in [-0.2, 0) is 4.79 Å². The van der Waals surface area contributed by atoms with Crippen molar-refractivity contribution < 1.29 is 24.2 Å². The van der Waals surface area contributed by atoms with Crippen LogP contribution in [0.1, 0.15) is 22.8 Å². The molecule has 0 unspecified atom stereocenters. The SMILES string of the molecule is CCOc1ccc(/C=C2\SC(N(C)c3ccccc3C(=O)O)=NC2=O)cc1OC. The predicted molar refractivity (Wildman–Crippen MR) is 114 cm³/mol. The van der Waals surface area contributed by atoms with Crippen molar-refractivity contribution in [2.24, 2.45) is 4.99 Å². The second-order valence-corrected chi connectivity index (χ2v) is 7.04. The lowest BCUT2D eigenvalue weighted by molar-refractivity contribution is -0.113. The monoisotopic (exact) mass is 412 g/mol. The second-order valence-electron chi connectivity index (χ2n) is 6.03. The number of ether oxygens (including phenoxy) is 2. The summed E-state index contributed by atoms with van der Waals surface area (Å²) in [5, 5.41) is 9.80. The molecule has 0 saturated carbocycles. The van der Waals surface area contributed by atoms with Gasteiger partial charge in [-0.15, -0.1) is 0 Å². The summed E-state index contributed by atoms with van der Waals surface area (Å²) < 4.78 is 10.9. The summed E-state index contributed by atoms with van der Waals surface area (Å²) in [5.41, 5.74) is 1.37. The maximum absolute atomic E-state index is 12.4. The van der Waals surface area contributed by atoms with Crippen LogP contribution in [0, 0.1) is 0 Å². The molecule has 2 aromatic rings. The van der Waals surface area contributed by atoms with Crippen molar-refractivity contribution in [3.05, 3.63) is 58.5 Å². The number of methoxy groups -OCH3 is 1. The molecule has 29 heavy (non-hydrogen) atoms. The molecule has 1 aliphatic heterocycles. The Morgan fingerprint density at radius 2 is 2.00 bits per heavy atom. The summed E-state index contributed by atoms with van der Waals surface area (Å²) >= 11 is 1.19. The van der Waals surface area contributed by atoms with Crippen LogP contribution in [0.5, 0.6) is 11.5 Å². The van der Waals surface area contributed by atoms with Crippen LogP contribution in [0.3, 0.4) is 0 Å². The van der Waals surface area contributed by atoms with E-state index in [9.17, 15) is 14.7 Å². The Kier molecular flexibility index (Phi) is 6.23. The van der Waals surface area contributed by atoms with Crippen LogP contribution in [0.4, 0.5) is 5.69 Å². The molecule has 1 N–H and O–H groups in total. The Bertz CT molecular complexity index is 1020. The number of carboxylic acid groups (broad SMARTS) is 1. The number of carboxylic acids is 1. The van der Waals surface area contributed by atoms with E-state index in [4.69, 9.17) is 9.47 Å². The molecule has 2 aromatic carbocycles. The molecular formula is C21H20N2O5S. The Morgan fingerprint density at radius 1 is 1.24 bits per heavy atom. The highest BCUT2D eigenvalue weighted by molar-refractivity contribution is 8.18. The Hall–Kier alpha value is -3.26. The van der Waals surface area contributed by atoms with Gasteiger partial charge in [-0.3, -0.25) is 4.79 Å². The molecule has 0 fully saturated rings. The fourth-order valence-electron chi connectivity index (χ4n) is 2.79. The van der Waals surface area contributed by atoms with E-state index >= 15 is 0 Å². The first-order valence-corrected chi connectivity index (χ1v) is 9.65. The van der Waals surface area contributed by atoms with E-state index in [1.54, 1.807) is 55.5 Å². The van der Waals surface area contributed by atoms with Crippen molar-refractivity contribution in [1.29, 1.82) is 0 Å². The van der Waals surface area contributed by atoms with Crippen molar-refractivity contribution in [3.63, 3.8) is 0 Å². The number of aromatic carboxylic acids is 1. The maximum atomic E-state index is 12.4. The van der Waals surface area contributed by atoms with Gasteiger partial charge < -0.3 is 19.5 Å². The number of amides is 1. The zero-order chi connectivity index (χ0) is 21.0. The smallest absolute Gasteiger partial charge is 0.337 e. The van der Waals surface area contributed by atoms with Crippen molar-refractivity contribution in [1.82, 2.24) is 0 Å². The van der Waals surface area contributed by atoms with E-state index in [1.165, 1.54) is 17.8 Å². The summed E-state index contributed by atoms with van der Waals surface area (Å²) in [6.45, 7) is 2.41. The number of nitrogens with zero attached hydrogens (tertiary/aromatic N) is 2. The van der Waals surface area contributed by atoms with Crippen molar-refractivity contribution >= 4 is 40.6 Å². The Labute approximate surface area is 172 Å². The number of hydrogen-bond donors (Lipinski definition) is 1. The van der Waals surface area contributed by atoms with Crippen molar-refractivity contribution in [3.8, 4) is 11.5 Å². The number of hydrogen-bond acceptors (Lipinski definition) is 6. The number of thioether (sulfide) groups is 1. The number of aliphatic imine (C=N–C) groups is 1. The number of rotatable bonds is 6. The molecule has 7 nitrogen and oxygen atoms in total. The average molecular weight is 412 g/mol. The van der Waals surface area contributed by atoms with Gasteiger partial charge in [-0.25, -0.2) is 4.79 Å². The van der Waals surface area contributed by atoms with Crippen LogP contribution in [0.15, 0.2) is 52.4 Å². The summed E-state index contributed by atoms with van der Waals surface area (Å²) in [6, 6.07) is 12.0. The molecule has 1 aliphatic rings. The minimum atomic E-state index is -1.04. The molecule has 0 bridgehead atoms. The first-order valence-electron chi connectivity index (χ1n) is 8.84. The number of amidine groups is 1. The topological polar surface area (TPSA) is 88.4 Å². The molecule has 1 amide bonds. The number of carbonyl (C=O) groups is 2. The van der Waals surface area contributed by atoms with Gasteiger partial charge in [0.05, 0.1) is 29.9 Å². The van der Waals surface area contributed by atoms with Crippen LogP contribution in [-0.4, -0.2) is 42.9 Å². The average Bonchev–Trinajstić information content (AvgIpc) is 3.09. The minimum Gasteiger partial charge on any atom is -0.493 e. The van der Waals surface area contributed by atoms with E-state index in [0.717, 1.165) is 5.56 Å². The molecular weight excluding hydrogens is 392 g/mol. The van der Waals surface area contributed by atoms with Gasteiger partial charge in [0.25, 0.3) is 5.91 Å². The molecule has 150 valence electrons. The molecule has 0 aromatic heterocycles. The summed E-state index contributed by atoms with van der Waals surface area (Å²) in [6.07, 6.45) is 1.72. The van der Waals surface area contributed by atoms with Gasteiger partial charge in [0, 0.05) is 7.05 Å². The van der Waals surface area contributed by atoms with Crippen LogP contribution in [0.25, 0.3) is 6.08 Å². The van der Waals surface area contributed by atoms with Gasteiger partial charge in [0.1, 0.15) is 0 Å². The lowest BCUT2D eigenvalue weighted by atomic mass is 10.1. The third kappa shape index (κ3) is 4.43. The molecule has 0 radical (unpaired) electrons. The molecule has 0 saturated heterocycles. The van der Waals surface area contributed by atoms with Gasteiger partial charge in [0.15, 0.2) is 16.7 Å². The van der Waals surface area contributed by atoms with Gasteiger partial charge in [-0.1, -0.05) is 18.2 Å².